The molecular formula is C20H16F6N2O4S. The fourth-order valence-electron chi connectivity index (χ4n) is 2.99. The zero-order chi connectivity index (χ0) is 24.3. The van der Waals surface area contributed by atoms with Crippen LogP contribution >= 0.6 is 11.8 Å². The number of ether oxygens (including phenoxy) is 2. The third kappa shape index (κ3) is 5.97. The monoisotopic (exact) mass is 494 g/mol. The number of benzene rings is 2. The Hall–Kier alpha value is -2.77. The summed E-state index contributed by atoms with van der Waals surface area (Å²) < 4.78 is 90.8. The van der Waals surface area contributed by atoms with E-state index in [0.717, 1.165) is 37.4 Å². The molecular weight excluding hydrogens is 478 g/mol. The van der Waals surface area contributed by atoms with E-state index in [1.165, 1.54) is 0 Å². The molecule has 3 rings (SSSR count). The predicted octanol–water partition coefficient (Wildman–Crippen LogP) is 4.79. The molecule has 0 radical (unpaired) electrons. The van der Waals surface area contributed by atoms with E-state index in [-0.39, 0.29) is 13.2 Å². The summed E-state index contributed by atoms with van der Waals surface area (Å²) in [7, 11) is 1.05. The fourth-order valence-corrected chi connectivity index (χ4v) is 3.55. The minimum Gasteiger partial charge on any atom is -0.348 e. The lowest BCUT2D eigenvalue weighted by Gasteiger charge is -2.28. The molecule has 0 aromatic heterocycles. The molecule has 33 heavy (non-hydrogen) atoms. The highest BCUT2D eigenvalue weighted by molar-refractivity contribution is 8.00. The second kappa shape index (κ2) is 10.0. The molecule has 2 aromatic carbocycles. The molecule has 0 saturated carbocycles. The van der Waals surface area contributed by atoms with Crippen LogP contribution in [-0.4, -0.2) is 55.4 Å². The molecule has 13 heteroatoms. The molecule has 2 aromatic rings. The number of nitrogens with zero attached hydrogens (tertiary/aromatic N) is 2. The maximum atomic E-state index is 14.5. The molecule has 0 bridgehead atoms. The van der Waals surface area contributed by atoms with E-state index >= 15 is 0 Å². The van der Waals surface area contributed by atoms with Gasteiger partial charge >= 0.3 is 11.5 Å². The zero-order valence-corrected chi connectivity index (χ0v) is 17.7. The topological polar surface area (TPSA) is 59.1 Å². The lowest BCUT2D eigenvalue weighted by molar-refractivity contribution is -0.0518. The van der Waals surface area contributed by atoms with Crippen molar-refractivity contribution in [2.75, 3.05) is 31.7 Å². The van der Waals surface area contributed by atoms with E-state index in [9.17, 15) is 35.9 Å². The van der Waals surface area contributed by atoms with Crippen LogP contribution in [0.25, 0.3) is 0 Å². The van der Waals surface area contributed by atoms with E-state index in [1.807, 2.05) is 0 Å². The number of amides is 3. The highest BCUT2D eigenvalue weighted by Gasteiger charge is 2.35. The summed E-state index contributed by atoms with van der Waals surface area (Å²) >= 11 is -0.548. The Morgan fingerprint density at radius 3 is 2.18 bits per heavy atom. The first-order valence-electron chi connectivity index (χ1n) is 9.30. The molecule has 1 aliphatic heterocycles. The largest absolute Gasteiger partial charge is 0.446 e. The lowest BCUT2D eigenvalue weighted by atomic mass is 10.1. The molecule has 178 valence electrons. The Morgan fingerprint density at radius 2 is 1.64 bits per heavy atom. The minimum absolute atomic E-state index is 0.151. The van der Waals surface area contributed by atoms with Gasteiger partial charge in [0.25, 0.3) is 5.91 Å². The number of halogens is 6. The summed E-state index contributed by atoms with van der Waals surface area (Å²) in [4.78, 5) is 26.6. The number of hydrogen-bond acceptors (Lipinski definition) is 5. The minimum atomic E-state index is -4.65. The summed E-state index contributed by atoms with van der Waals surface area (Å²) in [6, 6.07) is 3.88. The molecule has 0 aliphatic carbocycles. The van der Waals surface area contributed by atoms with Gasteiger partial charge in [0.1, 0.15) is 23.0 Å². The van der Waals surface area contributed by atoms with Crippen molar-refractivity contribution < 1.29 is 45.4 Å². The Labute approximate surface area is 188 Å². The number of urea groups is 1. The van der Waals surface area contributed by atoms with Gasteiger partial charge in [-0.05, 0) is 42.1 Å². The molecule has 3 amide bonds. The van der Waals surface area contributed by atoms with Crippen molar-refractivity contribution >= 4 is 29.4 Å². The van der Waals surface area contributed by atoms with Gasteiger partial charge in [-0.3, -0.25) is 14.6 Å². The quantitative estimate of drug-likeness (QED) is 0.442. The fraction of sp³-hybridized carbons (Fsp3) is 0.300. The van der Waals surface area contributed by atoms with Crippen LogP contribution in [0.15, 0.2) is 41.3 Å². The number of carbonyl (C=O) groups is 2. The summed E-state index contributed by atoms with van der Waals surface area (Å²) in [6.07, 6.45) is -1.09. The van der Waals surface area contributed by atoms with Crippen molar-refractivity contribution in [2.45, 2.75) is 16.7 Å². The average Bonchev–Trinajstić information content (AvgIpc) is 3.23. The SMILES string of the molecule is CN(C(=O)N(CC1OCCO1)C(=O)c1c(F)cccc1F)c1ccc(SC(F)(F)F)cc1F. The van der Waals surface area contributed by atoms with E-state index in [4.69, 9.17) is 9.47 Å². The Bertz CT molecular complexity index is 1030. The van der Waals surface area contributed by atoms with Crippen LogP contribution in [0.4, 0.5) is 36.8 Å². The molecule has 1 fully saturated rings. The van der Waals surface area contributed by atoms with Crippen LogP contribution in [0.5, 0.6) is 0 Å². The molecule has 0 unspecified atom stereocenters. The lowest BCUT2D eigenvalue weighted by Crippen LogP contribution is -2.49. The maximum absolute atomic E-state index is 14.5. The maximum Gasteiger partial charge on any atom is 0.446 e. The van der Waals surface area contributed by atoms with Crippen molar-refractivity contribution in [3.05, 3.63) is 59.4 Å². The second-order valence-corrected chi connectivity index (χ2v) is 7.82. The first kappa shape index (κ1) is 24.9. The standard InChI is InChI=1S/C20H16F6N2O4S/c1-27(15-6-5-11(9-14(15)23)33-20(24,25)26)19(30)28(10-16-31-7-8-32-16)18(29)17-12(21)3-2-4-13(17)22/h2-6,9,16H,7-8,10H2,1H3. The van der Waals surface area contributed by atoms with Crippen LogP contribution in [0.1, 0.15) is 10.4 Å². The number of rotatable bonds is 5. The highest BCUT2D eigenvalue weighted by Crippen LogP contribution is 2.38. The van der Waals surface area contributed by atoms with Gasteiger partial charge in [-0.1, -0.05) is 6.07 Å². The third-order valence-electron chi connectivity index (χ3n) is 4.48. The number of carbonyl (C=O) groups excluding carboxylic acids is 2. The molecule has 1 heterocycles. The van der Waals surface area contributed by atoms with Gasteiger partial charge in [0.2, 0.25) is 0 Å². The summed E-state index contributed by atoms with van der Waals surface area (Å²) in [5, 5.41) is 0. The van der Waals surface area contributed by atoms with Gasteiger partial charge in [0.05, 0.1) is 25.4 Å². The number of alkyl halides is 3. The van der Waals surface area contributed by atoms with E-state index in [1.54, 1.807) is 0 Å². The number of hydrogen-bond donors (Lipinski definition) is 0. The van der Waals surface area contributed by atoms with Crippen molar-refractivity contribution in [3.63, 3.8) is 0 Å². The molecule has 1 aliphatic rings. The van der Waals surface area contributed by atoms with E-state index in [0.29, 0.717) is 15.9 Å². The van der Waals surface area contributed by atoms with Gasteiger partial charge in [0, 0.05) is 11.9 Å². The van der Waals surface area contributed by atoms with Crippen LogP contribution in [-0.2, 0) is 9.47 Å². The summed E-state index contributed by atoms with van der Waals surface area (Å²) in [5.41, 5.74) is -6.13. The van der Waals surface area contributed by atoms with E-state index in [2.05, 4.69) is 0 Å². The average molecular weight is 494 g/mol. The van der Waals surface area contributed by atoms with E-state index < -0.39 is 75.6 Å². The molecule has 0 spiro atoms. The first-order chi connectivity index (χ1) is 15.5. The normalized spacial score (nSPS) is 14.4. The summed E-state index contributed by atoms with van der Waals surface area (Å²) in [5.74, 6) is -5.01. The third-order valence-corrected chi connectivity index (χ3v) is 5.20. The number of imide groups is 1. The van der Waals surface area contributed by atoms with Crippen LogP contribution in [0, 0.1) is 17.5 Å². The Kier molecular flexibility index (Phi) is 7.55. The van der Waals surface area contributed by atoms with Crippen molar-refractivity contribution in [3.8, 4) is 0 Å². The molecule has 0 N–H and O–H groups in total. The van der Waals surface area contributed by atoms with Crippen LogP contribution in [0.2, 0.25) is 0 Å². The summed E-state index contributed by atoms with van der Waals surface area (Å²) in [6.45, 7) is -0.269. The van der Waals surface area contributed by atoms with Crippen molar-refractivity contribution in [1.82, 2.24) is 4.90 Å². The molecule has 0 atom stereocenters. The van der Waals surface area contributed by atoms with Crippen molar-refractivity contribution in [1.29, 1.82) is 0 Å². The van der Waals surface area contributed by atoms with Crippen LogP contribution < -0.4 is 4.90 Å². The van der Waals surface area contributed by atoms with Crippen LogP contribution in [0.3, 0.4) is 0 Å². The highest BCUT2D eigenvalue weighted by atomic mass is 32.2. The predicted molar refractivity (Wildman–Crippen MR) is 105 cm³/mol. The molecule has 6 nitrogen and oxygen atoms in total. The number of anilines is 1. The van der Waals surface area contributed by atoms with Gasteiger partial charge in [-0.15, -0.1) is 0 Å². The van der Waals surface area contributed by atoms with Crippen molar-refractivity contribution in [2.24, 2.45) is 0 Å². The molecule has 1 saturated heterocycles. The van der Waals surface area contributed by atoms with Gasteiger partial charge in [-0.2, -0.15) is 13.2 Å². The first-order valence-corrected chi connectivity index (χ1v) is 10.1. The Balaban J connectivity index is 1.91. The Morgan fingerprint density at radius 1 is 1.03 bits per heavy atom. The van der Waals surface area contributed by atoms with Gasteiger partial charge in [-0.25, -0.2) is 18.0 Å². The van der Waals surface area contributed by atoms with Gasteiger partial charge in [0.15, 0.2) is 6.29 Å². The smallest absolute Gasteiger partial charge is 0.348 e. The van der Waals surface area contributed by atoms with Gasteiger partial charge < -0.3 is 9.47 Å². The number of thioether (sulfide) groups is 1. The second-order valence-electron chi connectivity index (χ2n) is 6.69. The zero-order valence-electron chi connectivity index (χ0n) is 16.9.